The molecule has 0 unspecified atom stereocenters. The van der Waals surface area contributed by atoms with Gasteiger partial charge in [-0.1, -0.05) is 202 Å². The molecule has 0 spiro atoms. The molecule has 0 amide bonds. The lowest BCUT2D eigenvalue weighted by Gasteiger charge is -2.22. The number of benzene rings is 14. The van der Waals surface area contributed by atoms with Crippen molar-refractivity contribution < 1.29 is 0 Å². The Morgan fingerprint density at radius 1 is 0.247 bits per heavy atom. The number of rotatable bonds is 7. The van der Waals surface area contributed by atoms with Gasteiger partial charge in [-0.25, -0.2) is 9.97 Å². The minimum absolute atomic E-state index is 0.0972. The average Bonchev–Trinajstić information content (AvgIpc) is 1.64. The SMILES string of the molecule is CC1(C)c2ccccc2-c2ccc(-n3c4ccccc4c4cc(-c5ccc6c(c5)c5ccccc5n6-c5cccc(-c6nc(-n7c8ccccc8c8cc(-c9ccc%10c(c9)c9ccccc9n%10-c9ccccc9)ccc87)nc7c6ccc6ccccc67)c5)ccc43)cc21. The molecule has 1 aliphatic carbocycles. The van der Waals surface area contributed by atoms with Crippen LogP contribution in [-0.4, -0.2) is 28.2 Å². The Morgan fingerprint density at radius 3 is 1.25 bits per heavy atom. The third-order valence-electron chi connectivity index (χ3n) is 20.4. The molecule has 20 rings (SSSR count). The van der Waals surface area contributed by atoms with Crippen LogP contribution < -0.4 is 0 Å². The van der Waals surface area contributed by atoms with E-state index in [1.807, 2.05) is 0 Å². The first-order valence-electron chi connectivity index (χ1n) is 32.1. The first-order valence-corrected chi connectivity index (χ1v) is 32.1. The predicted octanol–water partition coefficient (Wildman–Crippen LogP) is 22.5. The molecule has 6 nitrogen and oxygen atoms in total. The maximum atomic E-state index is 5.71. The van der Waals surface area contributed by atoms with Crippen LogP contribution in [0.1, 0.15) is 25.0 Å². The maximum Gasteiger partial charge on any atom is 0.235 e. The second-order valence-electron chi connectivity index (χ2n) is 25.7. The monoisotopic (exact) mass is 1180 g/mol. The fourth-order valence-corrected chi connectivity index (χ4v) is 16.0. The molecule has 0 N–H and O–H groups in total. The molecule has 93 heavy (non-hydrogen) atoms. The lowest BCUT2D eigenvalue weighted by molar-refractivity contribution is 0.660. The summed E-state index contributed by atoms with van der Waals surface area (Å²) >= 11 is 0. The summed E-state index contributed by atoms with van der Waals surface area (Å²) in [7, 11) is 0. The second-order valence-corrected chi connectivity index (χ2v) is 25.7. The zero-order valence-corrected chi connectivity index (χ0v) is 51.1. The van der Waals surface area contributed by atoms with Crippen molar-refractivity contribution in [2.45, 2.75) is 19.3 Å². The highest BCUT2D eigenvalue weighted by molar-refractivity contribution is 6.16. The topological polar surface area (TPSA) is 45.5 Å². The van der Waals surface area contributed by atoms with Crippen molar-refractivity contribution in [2.24, 2.45) is 0 Å². The lowest BCUT2D eigenvalue weighted by atomic mass is 9.82. The number of para-hydroxylation sites is 5. The first kappa shape index (κ1) is 51.7. The molecule has 0 bridgehead atoms. The van der Waals surface area contributed by atoms with Crippen LogP contribution in [0, 0.1) is 0 Å². The Labute approximate surface area is 535 Å². The summed E-state index contributed by atoms with van der Waals surface area (Å²) in [6.07, 6.45) is 0. The largest absolute Gasteiger partial charge is 0.309 e. The zero-order chi connectivity index (χ0) is 61.2. The number of aromatic nitrogens is 6. The van der Waals surface area contributed by atoms with E-state index in [0.29, 0.717) is 5.95 Å². The first-order chi connectivity index (χ1) is 45.9. The van der Waals surface area contributed by atoms with E-state index >= 15 is 0 Å². The van der Waals surface area contributed by atoms with Crippen LogP contribution in [0.5, 0.6) is 0 Å². The second kappa shape index (κ2) is 19.4. The van der Waals surface area contributed by atoms with Gasteiger partial charge in [0.15, 0.2) is 0 Å². The zero-order valence-electron chi connectivity index (χ0n) is 51.1. The summed E-state index contributed by atoms with van der Waals surface area (Å²) in [4.78, 5) is 11.3. The van der Waals surface area contributed by atoms with Gasteiger partial charge in [0.2, 0.25) is 5.95 Å². The normalized spacial score (nSPS) is 12.9. The van der Waals surface area contributed by atoms with E-state index in [2.05, 4.69) is 335 Å². The van der Waals surface area contributed by atoms with E-state index in [4.69, 9.17) is 9.97 Å². The van der Waals surface area contributed by atoms with Crippen LogP contribution in [-0.2, 0) is 5.41 Å². The summed E-state index contributed by atoms with van der Waals surface area (Å²) in [5, 5.41) is 12.8. The number of hydrogen-bond donors (Lipinski definition) is 0. The number of fused-ring (bicyclic) bond motifs is 18. The van der Waals surface area contributed by atoms with E-state index < -0.39 is 0 Å². The summed E-state index contributed by atoms with van der Waals surface area (Å²) in [6.45, 7) is 4.72. The van der Waals surface area contributed by atoms with E-state index in [1.54, 1.807) is 0 Å². The van der Waals surface area contributed by atoms with Gasteiger partial charge in [0.25, 0.3) is 0 Å². The molecule has 0 radical (unpaired) electrons. The van der Waals surface area contributed by atoms with Gasteiger partial charge in [-0.15, -0.1) is 0 Å². The molecule has 0 aliphatic heterocycles. The van der Waals surface area contributed by atoms with Crippen molar-refractivity contribution in [3.8, 4) is 67.6 Å². The van der Waals surface area contributed by atoms with Crippen molar-refractivity contribution in [3.63, 3.8) is 0 Å². The number of nitrogens with zero attached hydrogens (tertiary/aromatic N) is 6. The van der Waals surface area contributed by atoms with Crippen LogP contribution in [0.15, 0.2) is 303 Å². The molecule has 19 aromatic rings. The molecule has 0 saturated carbocycles. The molecule has 0 saturated heterocycles. The minimum atomic E-state index is -0.0972. The minimum Gasteiger partial charge on any atom is -0.309 e. The summed E-state index contributed by atoms with van der Waals surface area (Å²) in [5.74, 6) is 0.624. The molecule has 434 valence electrons. The number of hydrogen-bond acceptors (Lipinski definition) is 2. The van der Waals surface area contributed by atoms with Gasteiger partial charge in [-0.3, -0.25) is 4.57 Å². The summed E-state index contributed by atoms with van der Waals surface area (Å²) in [6, 6.07) is 112. The lowest BCUT2D eigenvalue weighted by Crippen LogP contribution is -2.15. The van der Waals surface area contributed by atoms with Gasteiger partial charge in [-0.05, 0) is 165 Å². The molecule has 6 heteroatoms. The summed E-state index contributed by atoms with van der Waals surface area (Å²) in [5.41, 5.74) is 25.3. The third-order valence-corrected chi connectivity index (χ3v) is 20.4. The van der Waals surface area contributed by atoms with Gasteiger partial charge >= 0.3 is 0 Å². The van der Waals surface area contributed by atoms with E-state index in [9.17, 15) is 0 Å². The Balaban J connectivity index is 0.708. The average molecular weight is 1190 g/mol. The highest BCUT2D eigenvalue weighted by atomic mass is 15.2. The standard InChI is InChI=1S/C87H56N6/c1-87(2)74-30-13-8-25-63(74)64-42-40-61(52-75(64)87)92-78-33-16-11-28-67(78)72-50-56(38-45-82(72)92)55-37-44-81-71(49-55)66-27-10-15-32-77(66)91(81)60-23-18-20-58(47-60)84-69-41-35-53-19-6-7-24-62(53)85(69)89-86(88-84)93-79-34-17-12-29-68(79)73-51-57(39-46-83(73)93)54-36-43-80-70(48-54)65-26-9-14-31-76(65)90(80)59-21-4-3-5-22-59/h3-52H,1-2H3. The van der Waals surface area contributed by atoms with Crippen LogP contribution in [0.25, 0.3) is 177 Å². The summed E-state index contributed by atoms with van der Waals surface area (Å²) < 4.78 is 9.53. The smallest absolute Gasteiger partial charge is 0.235 e. The van der Waals surface area contributed by atoms with Crippen LogP contribution in [0.3, 0.4) is 0 Å². The van der Waals surface area contributed by atoms with E-state index in [-0.39, 0.29) is 5.41 Å². The van der Waals surface area contributed by atoms with Gasteiger partial charge in [0, 0.05) is 81.9 Å². The van der Waals surface area contributed by atoms with Crippen molar-refractivity contribution in [1.29, 1.82) is 0 Å². The molecule has 5 heterocycles. The molecular formula is C87H56N6. The van der Waals surface area contributed by atoms with E-state index in [0.717, 1.165) is 88.3 Å². The quantitative estimate of drug-likeness (QED) is 0.149. The fraction of sp³-hybridized carbons (Fsp3) is 0.0345. The van der Waals surface area contributed by atoms with Crippen molar-refractivity contribution >= 4 is 109 Å². The van der Waals surface area contributed by atoms with E-state index in [1.165, 1.54) is 93.5 Å². The molecule has 1 aliphatic rings. The van der Waals surface area contributed by atoms with Crippen LogP contribution in [0.4, 0.5) is 0 Å². The van der Waals surface area contributed by atoms with Crippen LogP contribution in [0.2, 0.25) is 0 Å². The van der Waals surface area contributed by atoms with Crippen molar-refractivity contribution in [3.05, 3.63) is 314 Å². The molecule has 5 aromatic heterocycles. The Hall–Kier alpha value is -12.1. The van der Waals surface area contributed by atoms with Crippen molar-refractivity contribution in [1.82, 2.24) is 28.2 Å². The molecule has 14 aromatic carbocycles. The third kappa shape index (κ3) is 7.52. The van der Waals surface area contributed by atoms with Gasteiger partial charge < -0.3 is 13.7 Å². The highest BCUT2D eigenvalue weighted by Crippen LogP contribution is 2.50. The fourth-order valence-electron chi connectivity index (χ4n) is 16.0. The molecule has 0 atom stereocenters. The molecular weight excluding hydrogens is 1130 g/mol. The van der Waals surface area contributed by atoms with Crippen molar-refractivity contribution in [2.75, 3.05) is 0 Å². The Morgan fingerprint density at radius 2 is 0.677 bits per heavy atom. The predicted molar refractivity (Wildman–Crippen MR) is 388 cm³/mol. The molecule has 0 fully saturated rings. The highest BCUT2D eigenvalue weighted by Gasteiger charge is 2.36. The maximum absolute atomic E-state index is 5.71. The van der Waals surface area contributed by atoms with Gasteiger partial charge in [0.05, 0.1) is 55.3 Å². The van der Waals surface area contributed by atoms with Crippen LogP contribution >= 0.6 is 0 Å². The Bertz CT molecular complexity index is 6410. The Kier molecular flexibility index (Phi) is 10.8. The van der Waals surface area contributed by atoms with Gasteiger partial charge in [-0.2, -0.15) is 0 Å². The van der Waals surface area contributed by atoms with Gasteiger partial charge in [0.1, 0.15) is 0 Å².